The minimum atomic E-state index is -0.427. The van der Waals surface area contributed by atoms with Crippen molar-refractivity contribution in [1.29, 1.82) is 0 Å². The lowest BCUT2D eigenvalue weighted by Gasteiger charge is -2.03. The molecule has 0 aliphatic carbocycles. The number of rotatable bonds is 2. The first kappa shape index (κ1) is 11.8. The second kappa shape index (κ2) is 5.07. The van der Waals surface area contributed by atoms with Crippen LogP contribution in [0.3, 0.4) is 0 Å². The second-order valence-electron chi connectivity index (χ2n) is 3.04. The Hall–Kier alpha value is -1.72. The Morgan fingerprint density at radius 1 is 1.06 bits per heavy atom. The molecule has 0 aliphatic heterocycles. The Morgan fingerprint density at radius 2 is 1.88 bits per heavy atom. The zero-order valence-electron chi connectivity index (χ0n) is 8.39. The molecular formula is C10H6Cl2N4O. The molecule has 0 radical (unpaired) electrons. The van der Waals surface area contributed by atoms with Crippen molar-refractivity contribution in [2.24, 2.45) is 0 Å². The number of nitrogens with zero attached hydrogens (tertiary/aromatic N) is 3. The lowest BCUT2D eigenvalue weighted by Crippen LogP contribution is -2.15. The van der Waals surface area contributed by atoms with Gasteiger partial charge in [0.2, 0.25) is 0 Å². The summed E-state index contributed by atoms with van der Waals surface area (Å²) in [5.74, 6) is -0.0804. The first-order valence-corrected chi connectivity index (χ1v) is 5.34. The molecular weight excluding hydrogens is 263 g/mol. The number of anilines is 1. The molecule has 0 fully saturated rings. The summed E-state index contributed by atoms with van der Waals surface area (Å²) in [6, 6.07) is 7.86. The summed E-state index contributed by atoms with van der Waals surface area (Å²) >= 11 is 11.2. The molecule has 2 aromatic rings. The predicted molar refractivity (Wildman–Crippen MR) is 64.2 cm³/mol. The normalized spacial score (nSPS) is 10.0. The fraction of sp³-hybridized carbons (Fsp3) is 0. The number of pyridine rings is 1. The van der Waals surface area contributed by atoms with Crippen molar-refractivity contribution in [3.8, 4) is 0 Å². The molecule has 5 nitrogen and oxygen atoms in total. The third-order valence-electron chi connectivity index (χ3n) is 1.82. The van der Waals surface area contributed by atoms with E-state index in [4.69, 9.17) is 23.2 Å². The highest BCUT2D eigenvalue weighted by atomic mass is 35.5. The second-order valence-corrected chi connectivity index (χ2v) is 3.82. The maximum Gasteiger partial charge on any atom is 0.277 e. The molecule has 0 atom stereocenters. The molecule has 2 aromatic heterocycles. The summed E-state index contributed by atoms with van der Waals surface area (Å²) in [6.07, 6.45) is 0. The van der Waals surface area contributed by atoms with Gasteiger partial charge in [-0.2, -0.15) is 0 Å². The summed E-state index contributed by atoms with van der Waals surface area (Å²) in [7, 11) is 0. The van der Waals surface area contributed by atoms with Gasteiger partial charge in [0.15, 0.2) is 10.8 Å². The van der Waals surface area contributed by atoms with Gasteiger partial charge in [-0.25, -0.2) is 4.98 Å². The van der Waals surface area contributed by atoms with Crippen molar-refractivity contribution in [1.82, 2.24) is 15.2 Å². The van der Waals surface area contributed by atoms with E-state index in [-0.39, 0.29) is 10.8 Å². The van der Waals surface area contributed by atoms with Gasteiger partial charge in [-0.15, -0.1) is 10.2 Å². The van der Waals surface area contributed by atoms with E-state index >= 15 is 0 Å². The van der Waals surface area contributed by atoms with Gasteiger partial charge < -0.3 is 5.32 Å². The maximum atomic E-state index is 11.7. The fourth-order valence-corrected chi connectivity index (χ4v) is 1.36. The third kappa shape index (κ3) is 3.12. The average molecular weight is 269 g/mol. The highest BCUT2D eigenvalue weighted by molar-refractivity contribution is 6.29. The van der Waals surface area contributed by atoms with Crippen LogP contribution in [0.25, 0.3) is 0 Å². The fourth-order valence-electron chi connectivity index (χ4n) is 1.10. The number of amides is 1. The summed E-state index contributed by atoms with van der Waals surface area (Å²) in [5, 5.41) is 10.3. The van der Waals surface area contributed by atoms with Crippen molar-refractivity contribution in [2.75, 3.05) is 5.32 Å². The Kier molecular flexibility index (Phi) is 3.51. The Morgan fingerprint density at radius 3 is 2.53 bits per heavy atom. The Balaban J connectivity index is 2.14. The number of hydrogen-bond acceptors (Lipinski definition) is 4. The lowest BCUT2D eigenvalue weighted by molar-refractivity contribution is 0.102. The van der Waals surface area contributed by atoms with Gasteiger partial charge in [0.25, 0.3) is 5.91 Å². The Labute approximate surface area is 107 Å². The van der Waals surface area contributed by atoms with Crippen LogP contribution in [0.1, 0.15) is 10.5 Å². The van der Waals surface area contributed by atoms with E-state index in [0.29, 0.717) is 11.0 Å². The van der Waals surface area contributed by atoms with Gasteiger partial charge in [0.05, 0.1) is 0 Å². The minimum Gasteiger partial charge on any atom is -0.305 e. The van der Waals surface area contributed by atoms with Crippen molar-refractivity contribution in [3.63, 3.8) is 0 Å². The smallest absolute Gasteiger partial charge is 0.277 e. The third-order valence-corrected chi connectivity index (χ3v) is 2.23. The minimum absolute atomic E-state index is 0.149. The van der Waals surface area contributed by atoms with Crippen LogP contribution >= 0.6 is 23.2 Å². The Bertz CT molecular complexity index is 544. The van der Waals surface area contributed by atoms with E-state index < -0.39 is 5.91 Å². The van der Waals surface area contributed by atoms with Crippen molar-refractivity contribution in [3.05, 3.63) is 46.3 Å². The molecule has 1 N–H and O–H groups in total. The van der Waals surface area contributed by atoms with Gasteiger partial charge >= 0.3 is 0 Å². The highest BCUT2D eigenvalue weighted by Crippen LogP contribution is 2.10. The average Bonchev–Trinajstić information content (AvgIpc) is 2.29. The van der Waals surface area contributed by atoms with Gasteiger partial charge in [0, 0.05) is 0 Å². The van der Waals surface area contributed by atoms with Crippen LogP contribution in [0.4, 0.5) is 5.82 Å². The summed E-state index contributed by atoms with van der Waals surface area (Å²) in [5.41, 5.74) is 0.149. The van der Waals surface area contributed by atoms with Crippen molar-refractivity contribution in [2.45, 2.75) is 0 Å². The number of carbonyl (C=O) groups is 1. The molecule has 0 aliphatic rings. The van der Waals surface area contributed by atoms with Crippen LogP contribution in [0.2, 0.25) is 10.3 Å². The SMILES string of the molecule is O=C(Nc1cccc(Cl)n1)c1ccc(Cl)nn1. The van der Waals surface area contributed by atoms with E-state index in [9.17, 15) is 4.79 Å². The first-order valence-electron chi connectivity index (χ1n) is 4.58. The zero-order valence-corrected chi connectivity index (χ0v) is 9.90. The van der Waals surface area contributed by atoms with Crippen molar-refractivity contribution >= 4 is 34.9 Å². The number of halogens is 2. The van der Waals surface area contributed by atoms with Crippen LogP contribution in [0, 0.1) is 0 Å². The monoisotopic (exact) mass is 268 g/mol. The molecule has 0 aromatic carbocycles. The molecule has 2 rings (SSSR count). The molecule has 0 saturated heterocycles. The molecule has 0 bridgehead atoms. The van der Waals surface area contributed by atoms with E-state index in [1.807, 2.05) is 0 Å². The van der Waals surface area contributed by atoms with Crippen LogP contribution in [0.5, 0.6) is 0 Å². The number of hydrogen-bond donors (Lipinski definition) is 1. The van der Waals surface area contributed by atoms with Crippen molar-refractivity contribution < 1.29 is 4.79 Å². The molecule has 0 unspecified atom stereocenters. The van der Waals surface area contributed by atoms with E-state index in [1.165, 1.54) is 12.1 Å². The van der Waals surface area contributed by atoms with E-state index in [0.717, 1.165) is 0 Å². The predicted octanol–water partition coefficient (Wildman–Crippen LogP) is 2.43. The summed E-state index contributed by atoms with van der Waals surface area (Å²) < 4.78 is 0. The summed E-state index contributed by atoms with van der Waals surface area (Å²) in [6.45, 7) is 0. The highest BCUT2D eigenvalue weighted by Gasteiger charge is 2.09. The topological polar surface area (TPSA) is 67.8 Å². The standard InChI is InChI=1S/C10H6Cl2N4O/c11-7-2-1-3-9(13-7)14-10(17)6-4-5-8(12)16-15-6/h1-5H,(H,13,14,17). The number of aromatic nitrogens is 3. The first-order chi connectivity index (χ1) is 8.15. The van der Waals surface area contributed by atoms with E-state index in [2.05, 4.69) is 20.5 Å². The number of carbonyl (C=O) groups excluding carboxylic acids is 1. The molecule has 2 heterocycles. The maximum absolute atomic E-state index is 11.7. The van der Waals surface area contributed by atoms with Crippen LogP contribution in [-0.4, -0.2) is 21.1 Å². The van der Waals surface area contributed by atoms with Gasteiger partial charge in [-0.3, -0.25) is 4.79 Å². The number of nitrogens with one attached hydrogen (secondary N) is 1. The molecule has 0 spiro atoms. The van der Waals surface area contributed by atoms with Crippen LogP contribution in [-0.2, 0) is 0 Å². The molecule has 7 heteroatoms. The summed E-state index contributed by atoms with van der Waals surface area (Å²) in [4.78, 5) is 15.6. The van der Waals surface area contributed by atoms with Gasteiger partial charge in [-0.1, -0.05) is 29.3 Å². The van der Waals surface area contributed by atoms with E-state index in [1.54, 1.807) is 18.2 Å². The molecule has 17 heavy (non-hydrogen) atoms. The largest absolute Gasteiger partial charge is 0.305 e. The molecule has 86 valence electrons. The zero-order chi connectivity index (χ0) is 12.3. The van der Waals surface area contributed by atoms with Crippen LogP contribution < -0.4 is 5.32 Å². The lowest BCUT2D eigenvalue weighted by atomic mass is 10.3. The van der Waals surface area contributed by atoms with Gasteiger partial charge in [-0.05, 0) is 24.3 Å². The van der Waals surface area contributed by atoms with Gasteiger partial charge in [0.1, 0.15) is 11.0 Å². The molecule has 0 saturated carbocycles. The van der Waals surface area contributed by atoms with Crippen LogP contribution in [0.15, 0.2) is 30.3 Å². The molecule has 1 amide bonds. The quantitative estimate of drug-likeness (QED) is 0.850.